The van der Waals surface area contributed by atoms with Crippen LogP contribution in [0.25, 0.3) is 0 Å². The highest BCUT2D eigenvalue weighted by Crippen LogP contribution is 2.61. The van der Waals surface area contributed by atoms with Gasteiger partial charge in [-0.05, 0) is 63.7 Å². The van der Waals surface area contributed by atoms with E-state index in [1.807, 2.05) is 0 Å². The van der Waals surface area contributed by atoms with Crippen LogP contribution in [0.5, 0.6) is 0 Å². The third kappa shape index (κ3) is 1.79. The molecule has 0 aromatic heterocycles. The van der Waals surface area contributed by atoms with E-state index in [1.54, 1.807) is 5.57 Å². The predicted molar refractivity (Wildman–Crippen MR) is 66.7 cm³/mol. The molecule has 0 heterocycles. The zero-order chi connectivity index (χ0) is 11.1. The van der Waals surface area contributed by atoms with Gasteiger partial charge in [-0.25, -0.2) is 0 Å². The number of rotatable bonds is 3. The van der Waals surface area contributed by atoms with Gasteiger partial charge in [0.05, 0.1) is 0 Å². The van der Waals surface area contributed by atoms with E-state index >= 15 is 0 Å². The van der Waals surface area contributed by atoms with E-state index < -0.39 is 0 Å². The lowest BCUT2D eigenvalue weighted by molar-refractivity contribution is -0.0312. The second kappa shape index (κ2) is 3.81. The first-order valence-corrected chi connectivity index (χ1v) is 6.34. The van der Waals surface area contributed by atoms with E-state index in [0.717, 1.165) is 11.8 Å². The van der Waals surface area contributed by atoms with Crippen LogP contribution in [-0.2, 0) is 0 Å². The Bertz CT molecular complexity index is 304. The molecule has 3 aliphatic carbocycles. The Morgan fingerprint density at radius 3 is 2.80 bits per heavy atom. The first-order chi connectivity index (χ1) is 7.04. The summed E-state index contributed by atoms with van der Waals surface area (Å²) in [4.78, 5) is 0. The van der Waals surface area contributed by atoms with Gasteiger partial charge < -0.3 is 0 Å². The largest absolute Gasteiger partial charge is 0.0859 e. The molecule has 84 valence electrons. The fourth-order valence-corrected chi connectivity index (χ4v) is 3.54. The van der Waals surface area contributed by atoms with Crippen LogP contribution in [0, 0.1) is 17.3 Å². The van der Waals surface area contributed by atoms with Gasteiger partial charge >= 0.3 is 0 Å². The van der Waals surface area contributed by atoms with Gasteiger partial charge in [-0.1, -0.05) is 30.2 Å². The predicted octanol–water partition coefficient (Wildman–Crippen LogP) is 4.73. The molecule has 0 N–H and O–H groups in total. The van der Waals surface area contributed by atoms with Crippen molar-refractivity contribution in [1.29, 1.82) is 0 Å². The zero-order valence-electron chi connectivity index (χ0n) is 10.6. The Hall–Kier alpha value is -0.520. The summed E-state index contributed by atoms with van der Waals surface area (Å²) in [5, 5.41) is 0. The second-order valence-corrected chi connectivity index (χ2v) is 6.00. The van der Waals surface area contributed by atoms with Crippen molar-refractivity contribution in [1.82, 2.24) is 0 Å². The molecule has 3 aliphatic rings. The zero-order valence-corrected chi connectivity index (χ0v) is 10.6. The highest BCUT2D eigenvalue weighted by Gasteiger charge is 2.52. The molecule has 0 heteroatoms. The number of allylic oxidation sites excluding steroid dienone is 4. The van der Waals surface area contributed by atoms with Gasteiger partial charge in [0.2, 0.25) is 0 Å². The molecule has 0 aromatic carbocycles. The Balaban J connectivity index is 1.98. The summed E-state index contributed by atoms with van der Waals surface area (Å²) in [5.41, 5.74) is 3.76. The molecule has 1 fully saturated rings. The van der Waals surface area contributed by atoms with Gasteiger partial charge in [0.25, 0.3) is 0 Å². The van der Waals surface area contributed by atoms with E-state index in [4.69, 9.17) is 0 Å². The Kier molecular flexibility index (Phi) is 2.79. The molecule has 0 spiro atoms. The smallest absolute Gasteiger partial charge is 0.0146 e. The third-order valence-electron chi connectivity index (χ3n) is 4.76. The molecule has 0 aliphatic heterocycles. The molecule has 1 unspecified atom stereocenters. The molecule has 3 atom stereocenters. The summed E-state index contributed by atoms with van der Waals surface area (Å²) >= 11 is 0. The quantitative estimate of drug-likeness (QED) is 0.583. The molecule has 3 rings (SSSR count). The minimum absolute atomic E-state index is 0.630. The summed E-state index contributed by atoms with van der Waals surface area (Å²) in [6.45, 7) is 9.25. The summed E-state index contributed by atoms with van der Waals surface area (Å²) < 4.78 is 0. The first kappa shape index (κ1) is 11.0. The van der Waals surface area contributed by atoms with Gasteiger partial charge in [-0.15, -0.1) is 0 Å². The van der Waals surface area contributed by atoms with Crippen LogP contribution in [0.2, 0.25) is 0 Å². The molecule has 1 saturated carbocycles. The highest BCUT2D eigenvalue weighted by atomic mass is 14.6. The van der Waals surface area contributed by atoms with Crippen molar-refractivity contribution in [2.45, 2.75) is 53.4 Å². The van der Waals surface area contributed by atoms with E-state index in [1.165, 1.54) is 31.3 Å². The van der Waals surface area contributed by atoms with Crippen LogP contribution in [0.4, 0.5) is 0 Å². The van der Waals surface area contributed by atoms with Gasteiger partial charge in [0.1, 0.15) is 0 Å². The lowest BCUT2D eigenvalue weighted by Crippen LogP contribution is -2.49. The second-order valence-electron chi connectivity index (χ2n) is 6.00. The molecular weight excluding hydrogens is 180 g/mol. The molecule has 0 radical (unpaired) electrons. The Morgan fingerprint density at radius 1 is 1.53 bits per heavy atom. The van der Waals surface area contributed by atoms with Crippen LogP contribution in [-0.4, -0.2) is 0 Å². The molecule has 2 bridgehead atoms. The van der Waals surface area contributed by atoms with Crippen molar-refractivity contribution in [2.75, 3.05) is 0 Å². The SMILES string of the molecule is CC(C)=CCCC1(C)[C@@H]2CC=C(C)[C@@H]1C2. The Morgan fingerprint density at radius 2 is 2.27 bits per heavy atom. The lowest BCUT2D eigenvalue weighted by Gasteiger charge is -2.58. The van der Waals surface area contributed by atoms with Crippen LogP contribution < -0.4 is 0 Å². The molecule has 0 aromatic rings. The van der Waals surface area contributed by atoms with Gasteiger partial charge in [0.15, 0.2) is 0 Å². The maximum Gasteiger partial charge on any atom is -0.0146 e. The molecule has 0 amide bonds. The molecule has 15 heavy (non-hydrogen) atoms. The Labute approximate surface area is 94.5 Å². The van der Waals surface area contributed by atoms with E-state index in [-0.39, 0.29) is 0 Å². The van der Waals surface area contributed by atoms with Crippen molar-refractivity contribution in [3.63, 3.8) is 0 Å². The summed E-state index contributed by atoms with van der Waals surface area (Å²) in [7, 11) is 0. The number of fused-ring (bicyclic) bond motifs is 1. The summed E-state index contributed by atoms with van der Waals surface area (Å²) in [6, 6.07) is 0. The fourth-order valence-electron chi connectivity index (χ4n) is 3.54. The van der Waals surface area contributed by atoms with Gasteiger partial charge in [-0.2, -0.15) is 0 Å². The maximum atomic E-state index is 2.52. The first-order valence-electron chi connectivity index (χ1n) is 6.34. The molecular formula is C15H24. The van der Waals surface area contributed by atoms with Crippen LogP contribution in [0.15, 0.2) is 23.3 Å². The lowest BCUT2D eigenvalue weighted by atomic mass is 9.47. The van der Waals surface area contributed by atoms with E-state index in [2.05, 4.69) is 39.8 Å². The normalized spacial score (nSPS) is 38.0. The number of hydrogen-bond acceptors (Lipinski definition) is 0. The van der Waals surface area contributed by atoms with Crippen molar-refractivity contribution < 1.29 is 0 Å². The fraction of sp³-hybridized carbons (Fsp3) is 0.733. The van der Waals surface area contributed by atoms with Crippen molar-refractivity contribution in [3.05, 3.63) is 23.3 Å². The average molecular weight is 204 g/mol. The standard InChI is InChI=1S/C15H24/c1-11(2)6-5-9-15(4)13-8-7-12(3)14(15)10-13/h6-7,13-14H,5,8-10H2,1-4H3/t13-,14+,15?/m1/s1. The maximum absolute atomic E-state index is 2.52. The van der Waals surface area contributed by atoms with Crippen LogP contribution in [0.3, 0.4) is 0 Å². The molecule has 0 nitrogen and oxygen atoms in total. The van der Waals surface area contributed by atoms with Gasteiger partial charge in [0, 0.05) is 0 Å². The van der Waals surface area contributed by atoms with Crippen LogP contribution >= 0.6 is 0 Å². The van der Waals surface area contributed by atoms with Gasteiger partial charge in [-0.3, -0.25) is 0 Å². The highest BCUT2D eigenvalue weighted by molar-refractivity contribution is 5.22. The minimum Gasteiger partial charge on any atom is -0.0859 e. The van der Waals surface area contributed by atoms with Crippen molar-refractivity contribution >= 4 is 0 Å². The van der Waals surface area contributed by atoms with E-state index in [9.17, 15) is 0 Å². The minimum atomic E-state index is 0.630. The molecule has 0 saturated heterocycles. The monoisotopic (exact) mass is 204 g/mol. The topological polar surface area (TPSA) is 0 Å². The van der Waals surface area contributed by atoms with Crippen LogP contribution in [0.1, 0.15) is 53.4 Å². The third-order valence-corrected chi connectivity index (χ3v) is 4.76. The van der Waals surface area contributed by atoms with E-state index in [0.29, 0.717) is 5.41 Å². The number of hydrogen-bond donors (Lipinski definition) is 0. The van der Waals surface area contributed by atoms with Crippen molar-refractivity contribution in [2.24, 2.45) is 17.3 Å². The summed E-state index contributed by atoms with van der Waals surface area (Å²) in [6.07, 6.45) is 10.3. The average Bonchev–Trinajstić information content (AvgIpc) is 2.16. The van der Waals surface area contributed by atoms with Crippen molar-refractivity contribution in [3.8, 4) is 0 Å². The summed E-state index contributed by atoms with van der Waals surface area (Å²) in [5.74, 6) is 1.89.